The largest absolute Gasteiger partial charge is 0.409 e. The minimum atomic E-state index is -2.31. The molecule has 2 amide bonds. The molecule has 1 heterocycles. The molecule has 8 heteroatoms. The Morgan fingerprint density at radius 3 is 2.16 bits per heavy atom. The second-order valence-corrected chi connectivity index (χ2v) is 16.5. The third-order valence-electron chi connectivity index (χ3n) is 7.34. The van der Waals surface area contributed by atoms with Gasteiger partial charge < -0.3 is 29.2 Å². The van der Waals surface area contributed by atoms with E-state index in [1.807, 2.05) is 74.5 Å². The number of carbonyl (C=O) groups is 1. The Morgan fingerprint density at radius 2 is 1.68 bits per heavy atom. The minimum absolute atomic E-state index is 0.0694. The van der Waals surface area contributed by atoms with Gasteiger partial charge in [-0.05, 0) is 43.1 Å². The van der Waals surface area contributed by atoms with E-state index in [9.17, 15) is 9.90 Å². The molecule has 37 heavy (non-hydrogen) atoms. The van der Waals surface area contributed by atoms with E-state index < -0.39 is 32.4 Å². The molecule has 3 rings (SSSR count). The number of hydrogen-bond acceptors (Lipinski definition) is 5. The number of hydrogen-bond donors (Lipinski definition) is 2. The molecule has 1 aliphatic heterocycles. The molecule has 2 aromatic rings. The van der Waals surface area contributed by atoms with Crippen LogP contribution >= 0.6 is 0 Å². The summed E-state index contributed by atoms with van der Waals surface area (Å²) < 4.78 is 19.1. The second kappa shape index (κ2) is 12.1. The van der Waals surface area contributed by atoms with E-state index >= 15 is 0 Å². The molecule has 0 unspecified atom stereocenters. The maximum atomic E-state index is 13.7. The first-order valence-electron chi connectivity index (χ1n) is 13.1. The summed E-state index contributed by atoms with van der Waals surface area (Å²) in [5.41, 5.74) is 1.96. The molecule has 1 fully saturated rings. The fourth-order valence-corrected chi connectivity index (χ4v) is 5.51. The molecular weight excluding hydrogens is 484 g/mol. The van der Waals surface area contributed by atoms with Gasteiger partial charge in [0.2, 0.25) is 0 Å². The first-order valence-corrected chi connectivity index (χ1v) is 16.0. The van der Waals surface area contributed by atoms with Crippen LogP contribution in [0.25, 0.3) is 0 Å². The van der Waals surface area contributed by atoms with Crippen LogP contribution in [-0.4, -0.2) is 61.6 Å². The summed E-state index contributed by atoms with van der Waals surface area (Å²) in [6.07, 6.45) is -1.000. The van der Waals surface area contributed by atoms with Crippen molar-refractivity contribution in [2.45, 2.75) is 89.9 Å². The molecule has 0 aromatic heterocycles. The van der Waals surface area contributed by atoms with Crippen molar-refractivity contribution in [3.63, 3.8) is 0 Å². The Morgan fingerprint density at radius 1 is 1.11 bits per heavy atom. The summed E-state index contributed by atoms with van der Waals surface area (Å²) >= 11 is 0. The van der Waals surface area contributed by atoms with E-state index in [0.717, 1.165) is 11.1 Å². The zero-order valence-electron chi connectivity index (χ0n) is 23.4. The number of aliphatic hydroxyl groups excluding tert-OH is 1. The van der Waals surface area contributed by atoms with Gasteiger partial charge in [-0.25, -0.2) is 4.79 Å². The molecule has 0 spiro atoms. The number of amides is 2. The summed E-state index contributed by atoms with van der Waals surface area (Å²) in [6, 6.07) is 18.7. The third kappa shape index (κ3) is 7.88. The van der Waals surface area contributed by atoms with Crippen molar-refractivity contribution >= 4 is 14.3 Å². The van der Waals surface area contributed by atoms with Crippen LogP contribution in [-0.2, 0) is 27.0 Å². The molecule has 0 bridgehead atoms. The van der Waals surface area contributed by atoms with Crippen LogP contribution in [0.15, 0.2) is 60.7 Å². The topological polar surface area (TPSA) is 80.3 Å². The fraction of sp³-hybridized carbons (Fsp3) is 0.552. The van der Waals surface area contributed by atoms with Gasteiger partial charge in [0, 0.05) is 13.1 Å². The summed E-state index contributed by atoms with van der Waals surface area (Å²) in [6.45, 7) is 15.4. The van der Waals surface area contributed by atoms with E-state index in [0.29, 0.717) is 19.7 Å². The lowest BCUT2D eigenvalue weighted by molar-refractivity contribution is -0.155. The highest BCUT2D eigenvalue weighted by Crippen LogP contribution is 2.40. The zero-order valence-corrected chi connectivity index (χ0v) is 24.4. The molecule has 0 aliphatic carbocycles. The van der Waals surface area contributed by atoms with E-state index in [4.69, 9.17) is 13.9 Å². The van der Waals surface area contributed by atoms with Crippen molar-refractivity contribution in [2.24, 2.45) is 0 Å². The average molecular weight is 529 g/mol. The van der Waals surface area contributed by atoms with Crippen LogP contribution in [0.1, 0.15) is 45.7 Å². The highest BCUT2D eigenvalue weighted by atomic mass is 28.4. The van der Waals surface area contributed by atoms with Crippen molar-refractivity contribution in [2.75, 3.05) is 13.2 Å². The van der Waals surface area contributed by atoms with Crippen molar-refractivity contribution in [3.05, 3.63) is 71.8 Å². The van der Waals surface area contributed by atoms with E-state index in [2.05, 4.69) is 39.2 Å². The first-order chi connectivity index (χ1) is 17.3. The van der Waals surface area contributed by atoms with Gasteiger partial charge in [-0.1, -0.05) is 81.4 Å². The Labute approximate surface area is 223 Å². The number of nitrogens with zero attached hydrogens (tertiary/aromatic N) is 1. The maximum Gasteiger partial charge on any atom is 0.318 e. The second-order valence-electron chi connectivity index (χ2n) is 11.7. The predicted molar refractivity (Wildman–Crippen MR) is 149 cm³/mol. The minimum Gasteiger partial charge on any atom is -0.409 e. The average Bonchev–Trinajstić information content (AvgIpc) is 3.21. The van der Waals surface area contributed by atoms with Gasteiger partial charge in [-0.3, -0.25) is 0 Å². The van der Waals surface area contributed by atoms with Gasteiger partial charge in [-0.15, -0.1) is 0 Å². The lowest BCUT2D eigenvalue weighted by atomic mass is 10.0. The van der Waals surface area contributed by atoms with Crippen molar-refractivity contribution in [3.8, 4) is 0 Å². The highest BCUT2D eigenvalue weighted by molar-refractivity contribution is 6.74. The Balaban J connectivity index is 1.95. The monoisotopic (exact) mass is 528 g/mol. The molecular formula is C29H44N2O5Si. The van der Waals surface area contributed by atoms with E-state index in [1.165, 1.54) is 0 Å². The molecule has 1 saturated heterocycles. The quantitative estimate of drug-likeness (QED) is 0.409. The molecule has 2 aromatic carbocycles. The van der Waals surface area contributed by atoms with Gasteiger partial charge in [-0.2, -0.15) is 0 Å². The lowest BCUT2D eigenvalue weighted by Gasteiger charge is -2.45. The molecule has 7 nitrogen and oxygen atoms in total. The van der Waals surface area contributed by atoms with Gasteiger partial charge in [0.15, 0.2) is 14.1 Å². The van der Waals surface area contributed by atoms with Crippen molar-refractivity contribution < 1.29 is 23.8 Å². The number of benzene rings is 2. The fourth-order valence-electron chi connectivity index (χ4n) is 4.17. The van der Waals surface area contributed by atoms with Crippen LogP contribution < -0.4 is 5.32 Å². The Hall–Kier alpha value is -2.23. The summed E-state index contributed by atoms with van der Waals surface area (Å²) in [5.74, 6) is -0.764. The number of urea groups is 1. The number of nitrogens with one attached hydrogen (secondary N) is 1. The number of carbonyl (C=O) groups excluding carboxylic acids is 1. The molecule has 0 radical (unpaired) electrons. The van der Waals surface area contributed by atoms with Crippen LogP contribution in [0.3, 0.4) is 0 Å². The Kier molecular flexibility index (Phi) is 9.58. The first kappa shape index (κ1) is 29.3. The third-order valence-corrected chi connectivity index (χ3v) is 11.8. The summed E-state index contributed by atoms with van der Waals surface area (Å²) in [4.78, 5) is 15.4. The van der Waals surface area contributed by atoms with Crippen molar-refractivity contribution in [1.29, 1.82) is 0 Å². The smallest absolute Gasteiger partial charge is 0.318 e. The number of aliphatic hydroxyl groups is 1. The molecule has 1 aliphatic rings. The van der Waals surface area contributed by atoms with E-state index in [1.54, 1.807) is 4.90 Å². The van der Waals surface area contributed by atoms with Crippen LogP contribution in [0.2, 0.25) is 18.1 Å². The van der Waals surface area contributed by atoms with Crippen molar-refractivity contribution in [1.82, 2.24) is 10.2 Å². The summed E-state index contributed by atoms with van der Waals surface area (Å²) in [5, 5.41) is 13.8. The molecule has 2 N–H and O–H groups in total. The van der Waals surface area contributed by atoms with Crippen LogP contribution in [0.5, 0.6) is 0 Å². The van der Waals surface area contributed by atoms with Gasteiger partial charge in [0.1, 0.15) is 6.10 Å². The predicted octanol–water partition coefficient (Wildman–Crippen LogP) is 5.30. The molecule has 0 saturated carbocycles. The maximum absolute atomic E-state index is 13.7. The molecule has 3 atom stereocenters. The normalized spacial score (nSPS) is 19.3. The molecule has 204 valence electrons. The number of ether oxygens (including phenoxy) is 2. The van der Waals surface area contributed by atoms with Crippen LogP contribution in [0, 0.1) is 0 Å². The summed E-state index contributed by atoms with van der Waals surface area (Å²) in [7, 11) is -2.31. The Bertz CT molecular complexity index is 994. The van der Waals surface area contributed by atoms with Gasteiger partial charge in [0.05, 0.1) is 25.4 Å². The van der Waals surface area contributed by atoms with Gasteiger partial charge >= 0.3 is 6.03 Å². The standard InChI is InChI=1S/C29H44N2O5Si/c1-28(2,3)37(6,7)36-26(25-21-34-29(4,5)35-25)24(20-32)31(19-23-16-12-9-13-17-23)27(33)30-18-22-14-10-8-11-15-22/h8-17,24-26,32H,18-21H2,1-7H3,(H,30,33)/t24-,25+,26-/m0/s1. The lowest BCUT2D eigenvalue weighted by Crippen LogP contribution is -2.60. The zero-order chi connectivity index (χ0) is 27.3. The van der Waals surface area contributed by atoms with Crippen LogP contribution in [0.4, 0.5) is 4.79 Å². The van der Waals surface area contributed by atoms with E-state index in [-0.39, 0.29) is 17.7 Å². The SMILES string of the molecule is CC1(C)OC[C@H]([C@@H](O[Si](C)(C)C(C)(C)C)[C@H](CO)N(Cc2ccccc2)C(=O)NCc2ccccc2)O1. The highest BCUT2D eigenvalue weighted by Gasteiger charge is 2.48. The van der Waals surface area contributed by atoms with Gasteiger partial charge in [0.25, 0.3) is 0 Å². The number of rotatable bonds is 10.